The highest BCUT2D eigenvalue weighted by atomic mass is 32.2. The maximum Gasteiger partial charge on any atom is 0.360 e. The summed E-state index contributed by atoms with van der Waals surface area (Å²) in [4.78, 5) is 6.23. The SMILES string of the molecule is FC(F)C(F)(F)Sc1ncc(-c2ccccc2)[nH]1. The zero-order valence-electron chi connectivity index (χ0n) is 8.91. The van der Waals surface area contributed by atoms with Crippen LogP contribution in [-0.4, -0.2) is 21.6 Å². The summed E-state index contributed by atoms with van der Waals surface area (Å²) in [7, 11) is 0. The number of nitrogens with one attached hydrogen (secondary N) is 1. The molecule has 0 aliphatic rings. The van der Waals surface area contributed by atoms with Gasteiger partial charge in [-0.05, 0) is 17.3 Å². The van der Waals surface area contributed by atoms with E-state index in [1.54, 1.807) is 30.3 Å². The summed E-state index contributed by atoms with van der Waals surface area (Å²) in [6, 6.07) is 8.87. The molecule has 0 unspecified atom stereocenters. The number of hydrogen-bond donors (Lipinski definition) is 1. The number of aromatic amines is 1. The number of benzene rings is 1. The van der Waals surface area contributed by atoms with E-state index in [1.165, 1.54) is 6.20 Å². The van der Waals surface area contributed by atoms with Crippen LogP contribution < -0.4 is 0 Å². The van der Waals surface area contributed by atoms with Crippen molar-refractivity contribution in [2.75, 3.05) is 0 Å². The Morgan fingerprint density at radius 2 is 1.83 bits per heavy atom. The van der Waals surface area contributed by atoms with Gasteiger partial charge in [-0.25, -0.2) is 13.8 Å². The third-order valence-corrected chi connectivity index (χ3v) is 2.98. The molecule has 0 spiro atoms. The molecule has 96 valence electrons. The van der Waals surface area contributed by atoms with Gasteiger partial charge in [-0.2, -0.15) is 8.78 Å². The molecule has 2 nitrogen and oxygen atoms in total. The summed E-state index contributed by atoms with van der Waals surface area (Å²) in [5.41, 5.74) is 1.25. The average molecular weight is 276 g/mol. The summed E-state index contributed by atoms with van der Waals surface area (Å²) < 4.78 is 49.6. The number of imidazole rings is 1. The Bertz CT molecular complexity index is 513. The number of rotatable bonds is 4. The summed E-state index contributed by atoms with van der Waals surface area (Å²) in [6.07, 6.45) is -2.40. The number of thioether (sulfide) groups is 1. The van der Waals surface area contributed by atoms with Crippen LogP contribution in [0, 0.1) is 0 Å². The smallest absolute Gasteiger partial charge is 0.333 e. The fraction of sp³-hybridized carbons (Fsp3) is 0.182. The molecule has 7 heteroatoms. The highest BCUT2D eigenvalue weighted by Gasteiger charge is 2.43. The van der Waals surface area contributed by atoms with Crippen LogP contribution in [0.15, 0.2) is 41.7 Å². The molecule has 0 saturated carbocycles. The van der Waals surface area contributed by atoms with E-state index in [9.17, 15) is 17.6 Å². The second-order valence-electron chi connectivity index (χ2n) is 3.43. The third kappa shape index (κ3) is 2.84. The van der Waals surface area contributed by atoms with E-state index >= 15 is 0 Å². The van der Waals surface area contributed by atoms with Crippen molar-refractivity contribution in [3.8, 4) is 11.3 Å². The first-order chi connectivity index (χ1) is 8.49. The van der Waals surface area contributed by atoms with Gasteiger partial charge in [0.15, 0.2) is 5.16 Å². The first-order valence-corrected chi connectivity index (χ1v) is 5.76. The zero-order chi connectivity index (χ0) is 13.2. The number of H-pyrrole nitrogens is 1. The molecule has 18 heavy (non-hydrogen) atoms. The van der Waals surface area contributed by atoms with Crippen molar-refractivity contribution >= 4 is 11.8 Å². The highest BCUT2D eigenvalue weighted by molar-refractivity contribution is 8.00. The molecule has 0 fully saturated rings. The van der Waals surface area contributed by atoms with Gasteiger partial charge in [-0.15, -0.1) is 0 Å². The zero-order valence-corrected chi connectivity index (χ0v) is 9.73. The van der Waals surface area contributed by atoms with Crippen LogP contribution in [0.1, 0.15) is 0 Å². The van der Waals surface area contributed by atoms with Gasteiger partial charge in [0.2, 0.25) is 0 Å². The third-order valence-electron chi connectivity index (χ3n) is 2.12. The van der Waals surface area contributed by atoms with E-state index in [2.05, 4.69) is 9.97 Å². The van der Waals surface area contributed by atoms with Crippen LogP contribution >= 0.6 is 11.8 Å². The van der Waals surface area contributed by atoms with Gasteiger partial charge in [0.1, 0.15) is 0 Å². The summed E-state index contributed by atoms with van der Waals surface area (Å²) in [6.45, 7) is 0. The Labute approximate surface area is 104 Å². The number of halogens is 4. The van der Waals surface area contributed by atoms with Crippen LogP contribution in [0.5, 0.6) is 0 Å². The quantitative estimate of drug-likeness (QED) is 0.674. The molecule has 0 aliphatic carbocycles. The van der Waals surface area contributed by atoms with Crippen LogP contribution in [-0.2, 0) is 0 Å². The highest BCUT2D eigenvalue weighted by Crippen LogP contribution is 2.39. The number of nitrogens with zero attached hydrogens (tertiary/aromatic N) is 1. The van der Waals surface area contributed by atoms with Crippen LogP contribution in [0.3, 0.4) is 0 Å². The minimum Gasteiger partial charge on any atom is -0.333 e. The predicted octanol–water partition coefficient (Wildman–Crippen LogP) is 4.03. The monoisotopic (exact) mass is 276 g/mol. The first-order valence-electron chi connectivity index (χ1n) is 4.94. The van der Waals surface area contributed by atoms with E-state index in [4.69, 9.17) is 0 Å². The van der Waals surface area contributed by atoms with Gasteiger partial charge in [0.25, 0.3) is 0 Å². The minimum atomic E-state index is -4.15. The Balaban J connectivity index is 2.17. The fourth-order valence-electron chi connectivity index (χ4n) is 1.29. The first kappa shape index (κ1) is 12.9. The Morgan fingerprint density at radius 3 is 2.44 bits per heavy atom. The standard InChI is InChI=1S/C11H8F4N2S/c12-9(13)11(14,15)18-10-16-6-8(17-10)7-4-2-1-3-5-7/h1-6,9H,(H,16,17). The molecule has 0 bridgehead atoms. The van der Waals surface area contributed by atoms with Crippen molar-refractivity contribution in [2.24, 2.45) is 0 Å². The number of hydrogen-bond acceptors (Lipinski definition) is 2. The van der Waals surface area contributed by atoms with Gasteiger partial charge in [0.05, 0.1) is 11.9 Å². The van der Waals surface area contributed by atoms with Crippen molar-refractivity contribution < 1.29 is 17.6 Å². The Morgan fingerprint density at radius 1 is 1.17 bits per heavy atom. The fourth-order valence-corrected chi connectivity index (χ4v) is 1.91. The van der Waals surface area contributed by atoms with Crippen LogP contribution in [0.2, 0.25) is 0 Å². The van der Waals surface area contributed by atoms with Gasteiger partial charge >= 0.3 is 11.7 Å². The molecule has 0 radical (unpaired) electrons. The minimum absolute atomic E-state index is 0.237. The molecule has 2 rings (SSSR count). The summed E-state index contributed by atoms with van der Waals surface area (Å²) >= 11 is -0.281. The van der Waals surface area contributed by atoms with Crippen molar-refractivity contribution in [3.63, 3.8) is 0 Å². The number of alkyl halides is 4. The van der Waals surface area contributed by atoms with Gasteiger partial charge in [0, 0.05) is 0 Å². The summed E-state index contributed by atoms with van der Waals surface area (Å²) in [5, 5.41) is -4.38. The lowest BCUT2D eigenvalue weighted by Crippen LogP contribution is -2.21. The van der Waals surface area contributed by atoms with E-state index in [-0.39, 0.29) is 16.9 Å². The lowest BCUT2D eigenvalue weighted by atomic mass is 10.2. The second kappa shape index (κ2) is 5.01. The van der Waals surface area contributed by atoms with Crippen molar-refractivity contribution in [3.05, 3.63) is 36.5 Å². The normalized spacial score (nSPS) is 12.1. The van der Waals surface area contributed by atoms with Crippen molar-refractivity contribution in [1.29, 1.82) is 0 Å². The summed E-state index contributed by atoms with van der Waals surface area (Å²) in [5.74, 6) is 0. The van der Waals surface area contributed by atoms with E-state index in [0.29, 0.717) is 5.69 Å². The topological polar surface area (TPSA) is 28.7 Å². The van der Waals surface area contributed by atoms with Crippen LogP contribution in [0.25, 0.3) is 11.3 Å². The largest absolute Gasteiger partial charge is 0.360 e. The maximum absolute atomic E-state index is 12.8. The Kier molecular flexibility index (Phi) is 3.60. The lowest BCUT2D eigenvalue weighted by Gasteiger charge is -2.11. The predicted molar refractivity (Wildman–Crippen MR) is 60.8 cm³/mol. The molecule has 0 atom stereocenters. The van der Waals surface area contributed by atoms with Gasteiger partial charge < -0.3 is 4.98 Å². The van der Waals surface area contributed by atoms with Crippen molar-refractivity contribution in [1.82, 2.24) is 9.97 Å². The molecule has 1 heterocycles. The van der Waals surface area contributed by atoms with E-state index < -0.39 is 11.7 Å². The van der Waals surface area contributed by atoms with Crippen molar-refractivity contribution in [2.45, 2.75) is 16.8 Å². The second-order valence-corrected chi connectivity index (χ2v) is 4.57. The van der Waals surface area contributed by atoms with E-state index in [0.717, 1.165) is 5.56 Å². The molecule has 1 aromatic heterocycles. The maximum atomic E-state index is 12.8. The van der Waals surface area contributed by atoms with Gasteiger partial charge in [-0.1, -0.05) is 30.3 Å². The molecular formula is C11H8F4N2S. The molecule has 0 saturated heterocycles. The molecule has 1 N–H and O–H groups in total. The van der Waals surface area contributed by atoms with Gasteiger partial charge in [-0.3, -0.25) is 0 Å². The lowest BCUT2D eigenvalue weighted by molar-refractivity contribution is -0.0565. The van der Waals surface area contributed by atoms with E-state index in [1.807, 2.05) is 0 Å². The average Bonchev–Trinajstić information content (AvgIpc) is 2.78. The molecule has 2 aromatic rings. The van der Waals surface area contributed by atoms with Crippen LogP contribution in [0.4, 0.5) is 17.6 Å². The molecular weight excluding hydrogens is 268 g/mol. The number of aromatic nitrogens is 2. The Hall–Kier alpha value is -1.50. The molecule has 0 amide bonds. The molecule has 0 aliphatic heterocycles. The molecule has 1 aromatic carbocycles.